The lowest BCUT2D eigenvalue weighted by Gasteiger charge is -2.34. The SMILES string of the molecule is CC1CSc2ccccc2N(C(=O)C2CCN(S(=O)(=O)c3cccnc3)CC2)C1. The Bertz CT molecular complexity index is 974. The Balaban J connectivity index is 1.48. The Kier molecular flexibility index (Phi) is 5.94. The van der Waals surface area contributed by atoms with Gasteiger partial charge in [-0.1, -0.05) is 19.1 Å². The summed E-state index contributed by atoms with van der Waals surface area (Å²) in [6, 6.07) is 11.2. The molecule has 2 aliphatic heterocycles. The molecule has 1 unspecified atom stereocenters. The van der Waals surface area contributed by atoms with E-state index in [1.165, 1.54) is 10.5 Å². The van der Waals surface area contributed by atoms with Gasteiger partial charge in [-0.05, 0) is 43.0 Å². The summed E-state index contributed by atoms with van der Waals surface area (Å²) < 4.78 is 27.1. The average Bonchev–Trinajstić information content (AvgIpc) is 2.93. The largest absolute Gasteiger partial charge is 0.311 e. The summed E-state index contributed by atoms with van der Waals surface area (Å²) in [5.74, 6) is 1.36. The second-order valence-corrected chi connectivity index (χ2v) is 10.7. The van der Waals surface area contributed by atoms with Crippen molar-refractivity contribution in [3.63, 3.8) is 0 Å². The smallest absolute Gasteiger partial charge is 0.244 e. The highest BCUT2D eigenvalue weighted by atomic mass is 32.2. The van der Waals surface area contributed by atoms with Gasteiger partial charge in [-0.15, -0.1) is 11.8 Å². The number of fused-ring (bicyclic) bond motifs is 1. The number of pyridine rings is 1. The van der Waals surface area contributed by atoms with Crippen molar-refractivity contribution in [2.45, 2.75) is 29.6 Å². The van der Waals surface area contributed by atoms with Crippen LogP contribution < -0.4 is 4.90 Å². The number of carbonyl (C=O) groups excluding carboxylic acids is 1. The fourth-order valence-electron chi connectivity index (χ4n) is 3.92. The second-order valence-electron chi connectivity index (χ2n) is 7.70. The van der Waals surface area contributed by atoms with Crippen LogP contribution in [-0.4, -0.2) is 49.0 Å². The van der Waals surface area contributed by atoms with Crippen LogP contribution in [0, 0.1) is 11.8 Å². The lowest BCUT2D eigenvalue weighted by atomic mass is 9.95. The lowest BCUT2D eigenvalue weighted by molar-refractivity contribution is -0.123. The fourth-order valence-corrected chi connectivity index (χ4v) is 6.42. The number of rotatable bonds is 3. The molecule has 2 aromatic rings. The first-order valence-electron chi connectivity index (χ1n) is 9.90. The van der Waals surface area contributed by atoms with Crippen LogP contribution >= 0.6 is 11.8 Å². The number of para-hydroxylation sites is 1. The minimum absolute atomic E-state index is 0.116. The number of hydrogen-bond donors (Lipinski definition) is 0. The second kappa shape index (κ2) is 8.45. The van der Waals surface area contributed by atoms with Gasteiger partial charge in [0.2, 0.25) is 15.9 Å². The molecule has 1 atom stereocenters. The molecular formula is C21H25N3O3S2. The summed E-state index contributed by atoms with van der Waals surface area (Å²) in [6.07, 6.45) is 4.01. The van der Waals surface area contributed by atoms with E-state index in [2.05, 4.69) is 18.0 Å². The van der Waals surface area contributed by atoms with Gasteiger partial charge in [-0.25, -0.2) is 8.42 Å². The maximum Gasteiger partial charge on any atom is 0.244 e. The molecule has 4 rings (SSSR count). The number of thioether (sulfide) groups is 1. The first-order valence-corrected chi connectivity index (χ1v) is 12.3. The van der Waals surface area contributed by atoms with Crippen LogP contribution in [0.25, 0.3) is 0 Å². The summed E-state index contributed by atoms with van der Waals surface area (Å²) in [5, 5.41) is 0. The topological polar surface area (TPSA) is 70.6 Å². The molecule has 0 saturated carbocycles. The van der Waals surface area contributed by atoms with Crippen molar-refractivity contribution in [1.82, 2.24) is 9.29 Å². The predicted molar refractivity (Wildman–Crippen MR) is 114 cm³/mol. The Morgan fingerprint density at radius 2 is 1.90 bits per heavy atom. The summed E-state index contributed by atoms with van der Waals surface area (Å²) >= 11 is 1.80. The highest BCUT2D eigenvalue weighted by molar-refractivity contribution is 7.99. The number of amides is 1. The highest BCUT2D eigenvalue weighted by Crippen LogP contribution is 2.37. The minimum Gasteiger partial charge on any atom is -0.311 e. The number of nitrogens with zero attached hydrogens (tertiary/aromatic N) is 3. The molecule has 0 aliphatic carbocycles. The van der Waals surface area contributed by atoms with E-state index in [0.29, 0.717) is 38.4 Å². The van der Waals surface area contributed by atoms with Gasteiger partial charge >= 0.3 is 0 Å². The third kappa shape index (κ3) is 4.20. The third-order valence-electron chi connectivity index (χ3n) is 5.52. The Morgan fingerprint density at radius 1 is 1.14 bits per heavy atom. The first kappa shape index (κ1) is 20.4. The van der Waals surface area contributed by atoms with Crippen LogP contribution in [0.2, 0.25) is 0 Å². The van der Waals surface area contributed by atoms with Gasteiger partial charge in [0.05, 0.1) is 5.69 Å². The maximum absolute atomic E-state index is 13.4. The zero-order valence-corrected chi connectivity index (χ0v) is 18.0. The van der Waals surface area contributed by atoms with E-state index in [9.17, 15) is 13.2 Å². The first-order chi connectivity index (χ1) is 14.0. The summed E-state index contributed by atoms with van der Waals surface area (Å²) in [6.45, 7) is 3.58. The van der Waals surface area contributed by atoms with Crippen molar-refractivity contribution in [2.24, 2.45) is 11.8 Å². The van der Waals surface area contributed by atoms with Crippen LogP contribution in [-0.2, 0) is 14.8 Å². The molecule has 1 aromatic heterocycles. The molecule has 0 N–H and O–H groups in total. The summed E-state index contributed by atoms with van der Waals surface area (Å²) in [4.78, 5) is 20.6. The number of sulfonamides is 1. The minimum atomic E-state index is -3.56. The Labute approximate surface area is 176 Å². The van der Waals surface area contributed by atoms with Gasteiger partial charge in [-0.2, -0.15) is 4.31 Å². The van der Waals surface area contributed by atoms with E-state index in [1.807, 2.05) is 23.1 Å². The monoisotopic (exact) mass is 431 g/mol. The molecule has 1 fully saturated rings. The Morgan fingerprint density at radius 3 is 2.62 bits per heavy atom. The Hall–Kier alpha value is -1.90. The maximum atomic E-state index is 13.4. The highest BCUT2D eigenvalue weighted by Gasteiger charge is 2.35. The van der Waals surface area contributed by atoms with Gasteiger partial charge in [0, 0.05) is 48.6 Å². The van der Waals surface area contributed by atoms with Gasteiger partial charge in [0.25, 0.3) is 0 Å². The molecule has 0 spiro atoms. The molecule has 29 heavy (non-hydrogen) atoms. The molecule has 0 radical (unpaired) electrons. The van der Waals surface area contributed by atoms with E-state index in [1.54, 1.807) is 30.1 Å². The van der Waals surface area contributed by atoms with Gasteiger partial charge in [0.1, 0.15) is 4.90 Å². The van der Waals surface area contributed by atoms with E-state index >= 15 is 0 Å². The number of carbonyl (C=O) groups is 1. The van der Waals surface area contributed by atoms with Crippen LogP contribution in [0.5, 0.6) is 0 Å². The molecule has 1 aromatic carbocycles. The van der Waals surface area contributed by atoms with Crippen LogP contribution in [0.1, 0.15) is 19.8 Å². The number of hydrogen-bond acceptors (Lipinski definition) is 5. The van der Waals surface area contributed by atoms with Crippen molar-refractivity contribution in [3.8, 4) is 0 Å². The summed E-state index contributed by atoms with van der Waals surface area (Å²) in [7, 11) is -3.56. The van der Waals surface area contributed by atoms with Gasteiger partial charge in [0.15, 0.2) is 0 Å². The van der Waals surface area contributed by atoms with E-state index in [4.69, 9.17) is 0 Å². The quantitative estimate of drug-likeness (QED) is 0.746. The summed E-state index contributed by atoms with van der Waals surface area (Å²) in [5.41, 5.74) is 0.984. The standard InChI is InChI=1S/C21H25N3O3S2/c1-16-14-24(19-6-2-3-7-20(19)28-15-16)21(25)17-8-11-23(12-9-17)29(26,27)18-5-4-10-22-13-18/h2-7,10,13,16-17H,8-9,11-12,14-15H2,1H3. The van der Waals surface area contributed by atoms with E-state index in [0.717, 1.165) is 16.3 Å². The third-order valence-corrected chi connectivity index (χ3v) is 8.79. The average molecular weight is 432 g/mol. The number of piperidine rings is 1. The van der Waals surface area contributed by atoms with Crippen molar-refractivity contribution in [3.05, 3.63) is 48.8 Å². The zero-order chi connectivity index (χ0) is 20.4. The zero-order valence-electron chi connectivity index (χ0n) is 16.4. The van der Waals surface area contributed by atoms with Crippen molar-refractivity contribution >= 4 is 33.4 Å². The molecular weight excluding hydrogens is 406 g/mol. The number of anilines is 1. The normalized spacial score (nSPS) is 21.4. The lowest BCUT2D eigenvalue weighted by Crippen LogP contribution is -2.45. The molecule has 1 amide bonds. The number of benzene rings is 1. The van der Waals surface area contributed by atoms with Crippen LogP contribution in [0.3, 0.4) is 0 Å². The molecule has 0 bridgehead atoms. The van der Waals surface area contributed by atoms with Crippen molar-refractivity contribution in [1.29, 1.82) is 0 Å². The molecule has 1 saturated heterocycles. The molecule has 8 heteroatoms. The molecule has 2 aliphatic rings. The van der Waals surface area contributed by atoms with Crippen molar-refractivity contribution in [2.75, 3.05) is 30.3 Å². The van der Waals surface area contributed by atoms with Crippen LogP contribution in [0.15, 0.2) is 58.6 Å². The molecule has 6 nitrogen and oxygen atoms in total. The van der Waals surface area contributed by atoms with Crippen LogP contribution in [0.4, 0.5) is 5.69 Å². The van der Waals surface area contributed by atoms with Gasteiger partial charge < -0.3 is 4.90 Å². The number of aromatic nitrogens is 1. The predicted octanol–water partition coefficient (Wildman–Crippen LogP) is 3.26. The van der Waals surface area contributed by atoms with E-state index < -0.39 is 10.0 Å². The molecule has 154 valence electrons. The van der Waals surface area contributed by atoms with E-state index in [-0.39, 0.29) is 16.7 Å². The molecule has 3 heterocycles. The van der Waals surface area contributed by atoms with Crippen molar-refractivity contribution < 1.29 is 13.2 Å². The fraction of sp³-hybridized carbons (Fsp3) is 0.429. The van der Waals surface area contributed by atoms with Gasteiger partial charge in [-0.3, -0.25) is 9.78 Å².